The quantitative estimate of drug-likeness (QED) is 0.528. The van der Waals surface area contributed by atoms with Crippen molar-refractivity contribution in [3.8, 4) is 0 Å². The number of carbonyl (C=O) groups excluding carboxylic acids is 2. The first-order chi connectivity index (χ1) is 14.0. The van der Waals surface area contributed by atoms with Crippen molar-refractivity contribution in [3.05, 3.63) is 29.3 Å². The van der Waals surface area contributed by atoms with Crippen molar-refractivity contribution >= 4 is 21.8 Å². The average molecular weight is 422 g/mol. The van der Waals surface area contributed by atoms with Gasteiger partial charge in [0.25, 0.3) is 0 Å². The minimum Gasteiger partial charge on any atom is -0.354 e. The van der Waals surface area contributed by atoms with E-state index in [9.17, 15) is 18.0 Å². The molecule has 1 fully saturated rings. The Balaban J connectivity index is 1.35. The fraction of sp³-hybridized carbons (Fsp3) is 0.619. The van der Waals surface area contributed by atoms with Gasteiger partial charge in [0.15, 0.2) is 0 Å². The van der Waals surface area contributed by atoms with E-state index in [0.29, 0.717) is 13.1 Å². The van der Waals surface area contributed by atoms with Crippen molar-refractivity contribution in [3.63, 3.8) is 0 Å². The number of hydrogen-bond donors (Lipinski definition) is 3. The third-order valence-corrected chi connectivity index (χ3v) is 7.21. The van der Waals surface area contributed by atoms with Crippen LogP contribution in [0.3, 0.4) is 0 Å². The topological polar surface area (TPSA) is 104 Å². The third kappa shape index (κ3) is 6.27. The second-order valence-electron chi connectivity index (χ2n) is 7.91. The van der Waals surface area contributed by atoms with Crippen molar-refractivity contribution in [2.24, 2.45) is 5.92 Å². The standard InChI is InChI=1S/C21H31N3O4S/c25-20(22-13-14-23-21(26)17-6-2-3-7-17)11-12-24-29(27,28)19-10-9-16-5-1-4-8-18(16)15-19/h9-10,15,17,24H,1-8,11-14H2,(H,22,25)(H,23,26). The summed E-state index contributed by atoms with van der Waals surface area (Å²) < 4.78 is 27.4. The Kier molecular flexibility index (Phi) is 7.66. The van der Waals surface area contributed by atoms with E-state index in [1.165, 1.54) is 5.56 Å². The molecule has 0 bridgehead atoms. The van der Waals surface area contributed by atoms with E-state index in [0.717, 1.165) is 56.9 Å². The van der Waals surface area contributed by atoms with Crippen LogP contribution in [0.2, 0.25) is 0 Å². The van der Waals surface area contributed by atoms with Gasteiger partial charge in [-0.15, -0.1) is 0 Å². The Morgan fingerprint density at radius 3 is 2.34 bits per heavy atom. The summed E-state index contributed by atoms with van der Waals surface area (Å²) in [5.74, 6) is -0.0634. The van der Waals surface area contributed by atoms with Crippen molar-refractivity contribution in [2.45, 2.75) is 62.7 Å². The lowest BCUT2D eigenvalue weighted by atomic mass is 9.92. The van der Waals surface area contributed by atoms with Gasteiger partial charge < -0.3 is 10.6 Å². The highest BCUT2D eigenvalue weighted by molar-refractivity contribution is 7.89. The van der Waals surface area contributed by atoms with Crippen LogP contribution < -0.4 is 15.4 Å². The molecule has 160 valence electrons. The smallest absolute Gasteiger partial charge is 0.240 e. The van der Waals surface area contributed by atoms with Crippen LogP contribution in [0.5, 0.6) is 0 Å². The molecule has 1 saturated carbocycles. The highest BCUT2D eigenvalue weighted by Gasteiger charge is 2.22. The minimum absolute atomic E-state index is 0.0414. The fourth-order valence-electron chi connectivity index (χ4n) is 4.07. The average Bonchev–Trinajstić information content (AvgIpc) is 3.25. The van der Waals surface area contributed by atoms with Crippen molar-refractivity contribution in [1.29, 1.82) is 0 Å². The lowest BCUT2D eigenvalue weighted by Gasteiger charge is -2.16. The van der Waals surface area contributed by atoms with Crippen LogP contribution in [0.1, 0.15) is 56.1 Å². The molecule has 2 aliphatic carbocycles. The minimum atomic E-state index is -3.62. The van der Waals surface area contributed by atoms with Gasteiger partial charge in [0.1, 0.15) is 0 Å². The van der Waals surface area contributed by atoms with Gasteiger partial charge >= 0.3 is 0 Å². The Labute approximate surface area is 173 Å². The summed E-state index contributed by atoms with van der Waals surface area (Å²) in [4.78, 5) is 24.1. The molecular formula is C21H31N3O4S. The van der Waals surface area contributed by atoms with Crippen LogP contribution in [-0.4, -0.2) is 39.9 Å². The van der Waals surface area contributed by atoms with E-state index in [2.05, 4.69) is 15.4 Å². The Morgan fingerprint density at radius 2 is 1.59 bits per heavy atom. The summed E-state index contributed by atoms with van der Waals surface area (Å²) in [6.45, 7) is 0.774. The Hall–Kier alpha value is -1.93. The zero-order chi connectivity index (χ0) is 20.7. The predicted molar refractivity (Wildman–Crippen MR) is 111 cm³/mol. The maximum absolute atomic E-state index is 12.5. The number of benzene rings is 1. The van der Waals surface area contributed by atoms with E-state index in [1.54, 1.807) is 12.1 Å². The molecule has 0 atom stereocenters. The first-order valence-electron chi connectivity index (χ1n) is 10.6. The molecule has 29 heavy (non-hydrogen) atoms. The summed E-state index contributed by atoms with van der Waals surface area (Å²) in [6.07, 6.45) is 8.32. The molecule has 0 aliphatic heterocycles. The van der Waals surface area contributed by atoms with Crippen LogP contribution in [-0.2, 0) is 32.5 Å². The number of rotatable bonds is 9. The van der Waals surface area contributed by atoms with Crippen LogP contribution in [0.4, 0.5) is 0 Å². The molecule has 0 unspecified atom stereocenters. The molecule has 0 heterocycles. The number of sulfonamides is 1. The molecule has 2 aliphatic rings. The van der Waals surface area contributed by atoms with Crippen molar-refractivity contribution in [2.75, 3.05) is 19.6 Å². The van der Waals surface area contributed by atoms with E-state index in [-0.39, 0.29) is 35.6 Å². The largest absolute Gasteiger partial charge is 0.354 e. The number of amides is 2. The van der Waals surface area contributed by atoms with Gasteiger partial charge in [-0.1, -0.05) is 18.9 Å². The Bertz CT molecular complexity index is 832. The zero-order valence-corrected chi connectivity index (χ0v) is 17.7. The van der Waals surface area contributed by atoms with Gasteiger partial charge in [0.2, 0.25) is 21.8 Å². The van der Waals surface area contributed by atoms with E-state index < -0.39 is 10.0 Å². The number of carbonyl (C=O) groups is 2. The molecule has 1 aromatic carbocycles. The summed E-state index contributed by atoms with van der Waals surface area (Å²) in [7, 11) is -3.62. The molecule has 3 N–H and O–H groups in total. The second kappa shape index (κ2) is 10.2. The lowest BCUT2D eigenvalue weighted by Crippen LogP contribution is -2.38. The predicted octanol–water partition coefficient (Wildman–Crippen LogP) is 1.66. The molecule has 8 heteroatoms. The highest BCUT2D eigenvalue weighted by Crippen LogP contribution is 2.25. The van der Waals surface area contributed by atoms with E-state index in [1.807, 2.05) is 6.07 Å². The van der Waals surface area contributed by atoms with Crippen LogP contribution >= 0.6 is 0 Å². The molecule has 3 rings (SSSR count). The molecular weight excluding hydrogens is 390 g/mol. The van der Waals surface area contributed by atoms with Crippen LogP contribution in [0.25, 0.3) is 0 Å². The summed E-state index contributed by atoms with van der Waals surface area (Å²) in [6, 6.07) is 5.29. The number of fused-ring (bicyclic) bond motifs is 1. The number of hydrogen-bond acceptors (Lipinski definition) is 4. The molecule has 0 spiro atoms. The third-order valence-electron chi connectivity index (χ3n) is 5.75. The fourth-order valence-corrected chi connectivity index (χ4v) is 5.15. The normalized spacial score (nSPS) is 17.0. The SMILES string of the molecule is O=C(CCNS(=O)(=O)c1ccc2c(c1)CCCC2)NCCNC(=O)C1CCCC1. The first-order valence-corrected chi connectivity index (χ1v) is 12.1. The van der Waals surface area contributed by atoms with Gasteiger partial charge in [-0.2, -0.15) is 0 Å². The molecule has 0 saturated heterocycles. The molecule has 0 radical (unpaired) electrons. The van der Waals surface area contributed by atoms with Gasteiger partial charge in [-0.25, -0.2) is 13.1 Å². The molecule has 7 nitrogen and oxygen atoms in total. The molecule has 2 amide bonds. The molecule has 1 aromatic rings. The van der Waals surface area contributed by atoms with Gasteiger partial charge in [0.05, 0.1) is 4.90 Å². The van der Waals surface area contributed by atoms with E-state index in [4.69, 9.17) is 0 Å². The second-order valence-corrected chi connectivity index (χ2v) is 9.67. The first kappa shape index (κ1) is 21.8. The summed E-state index contributed by atoms with van der Waals surface area (Å²) >= 11 is 0. The Morgan fingerprint density at radius 1 is 0.897 bits per heavy atom. The zero-order valence-electron chi connectivity index (χ0n) is 16.8. The maximum atomic E-state index is 12.5. The van der Waals surface area contributed by atoms with Crippen molar-refractivity contribution in [1.82, 2.24) is 15.4 Å². The highest BCUT2D eigenvalue weighted by atomic mass is 32.2. The monoisotopic (exact) mass is 421 g/mol. The van der Waals surface area contributed by atoms with E-state index >= 15 is 0 Å². The van der Waals surface area contributed by atoms with Gasteiger partial charge in [-0.05, 0) is 61.8 Å². The number of aryl methyl sites for hydroxylation is 2. The summed E-state index contributed by atoms with van der Waals surface area (Å²) in [5, 5.41) is 5.55. The number of nitrogens with one attached hydrogen (secondary N) is 3. The maximum Gasteiger partial charge on any atom is 0.240 e. The van der Waals surface area contributed by atoms with Crippen LogP contribution in [0.15, 0.2) is 23.1 Å². The van der Waals surface area contributed by atoms with Crippen molar-refractivity contribution < 1.29 is 18.0 Å². The van der Waals surface area contributed by atoms with Gasteiger partial charge in [-0.3, -0.25) is 9.59 Å². The van der Waals surface area contributed by atoms with Gasteiger partial charge in [0, 0.05) is 32.0 Å². The summed E-state index contributed by atoms with van der Waals surface area (Å²) in [5.41, 5.74) is 2.34. The lowest BCUT2D eigenvalue weighted by molar-refractivity contribution is -0.125. The van der Waals surface area contributed by atoms with Crippen LogP contribution in [0, 0.1) is 5.92 Å². The molecule has 0 aromatic heterocycles.